The van der Waals surface area contributed by atoms with Gasteiger partial charge in [-0.2, -0.15) is 0 Å². The molecule has 2 N–H and O–H groups in total. The predicted molar refractivity (Wildman–Crippen MR) is 79.4 cm³/mol. The van der Waals surface area contributed by atoms with Crippen LogP contribution in [0.5, 0.6) is 0 Å². The standard InChI is InChI=1S/C16H22N2O2/c1-11-12(16(19)20)5-4-6-13(11)17-14-8-10-18-9-3-2-7-15(14)18/h4-6,14-15,17H,2-3,7-10H2,1H3,(H,19,20). The number of hydrogen-bond donors (Lipinski definition) is 2. The molecule has 0 aromatic heterocycles. The van der Waals surface area contributed by atoms with Gasteiger partial charge in [0.05, 0.1) is 5.56 Å². The Bertz CT molecular complexity index is 515. The summed E-state index contributed by atoms with van der Waals surface area (Å²) in [5.74, 6) is -0.850. The maximum Gasteiger partial charge on any atom is 0.336 e. The molecule has 108 valence electrons. The third kappa shape index (κ3) is 2.40. The first-order valence-corrected chi connectivity index (χ1v) is 7.50. The second-order valence-electron chi connectivity index (χ2n) is 5.92. The molecular formula is C16H22N2O2. The van der Waals surface area contributed by atoms with Crippen LogP contribution in [-0.4, -0.2) is 41.1 Å². The molecule has 2 unspecified atom stereocenters. The van der Waals surface area contributed by atoms with Crippen molar-refractivity contribution >= 4 is 11.7 Å². The lowest BCUT2D eigenvalue weighted by molar-refractivity contribution is 0.0696. The third-order valence-corrected chi connectivity index (χ3v) is 4.76. The number of carboxylic acid groups (broad SMARTS) is 1. The molecule has 2 aliphatic rings. The van der Waals surface area contributed by atoms with Gasteiger partial charge >= 0.3 is 5.97 Å². The molecule has 4 nitrogen and oxygen atoms in total. The van der Waals surface area contributed by atoms with Gasteiger partial charge in [-0.15, -0.1) is 0 Å². The van der Waals surface area contributed by atoms with E-state index in [4.69, 9.17) is 0 Å². The fourth-order valence-corrected chi connectivity index (χ4v) is 3.64. The van der Waals surface area contributed by atoms with E-state index in [9.17, 15) is 9.90 Å². The molecule has 2 atom stereocenters. The predicted octanol–water partition coefficient (Wildman–Crippen LogP) is 2.73. The lowest BCUT2D eigenvalue weighted by Gasteiger charge is -2.33. The van der Waals surface area contributed by atoms with E-state index in [0.29, 0.717) is 17.6 Å². The zero-order valence-corrected chi connectivity index (χ0v) is 11.9. The molecule has 0 amide bonds. The average molecular weight is 274 g/mol. The highest BCUT2D eigenvalue weighted by Crippen LogP contribution is 2.30. The second-order valence-corrected chi connectivity index (χ2v) is 5.92. The van der Waals surface area contributed by atoms with Gasteiger partial charge in [0.2, 0.25) is 0 Å². The Kier molecular flexibility index (Phi) is 3.66. The number of nitrogens with zero attached hydrogens (tertiary/aromatic N) is 1. The van der Waals surface area contributed by atoms with Gasteiger partial charge in [-0.1, -0.05) is 12.5 Å². The Labute approximate surface area is 119 Å². The highest BCUT2D eigenvalue weighted by atomic mass is 16.4. The van der Waals surface area contributed by atoms with Gasteiger partial charge in [0.25, 0.3) is 0 Å². The molecule has 0 spiro atoms. The topological polar surface area (TPSA) is 52.6 Å². The molecule has 20 heavy (non-hydrogen) atoms. The van der Waals surface area contributed by atoms with Crippen molar-refractivity contribution in [3.63, 3.8) is 0 Å². The quantitative estimate of drug-likeness (QED) is 0.890. The number of anilines is 1. The maximum atomic E-state index is 11.2. The van der Waals surface area contributed by atoms with Crippen molar-refractivity contribution in [3.8, 4) is 0 Å². The summed E-state index contributed by atoms with van der Waals surface area (Å²) < 4.78 is 0. The van der Waals surface area contributed by atoms with Crippen LogP contribution < -0.4 is 5.32 Å². The number of benzene rings is 1. The summed E-state index contributed by atoms with van der Waals surface area (Å²) in [7, 11) is 0. The van der Waals surface area contributed by atoms with Gasteiger partial charge < -0.3 is 10.4 Å². The number of aromatic carboxylic acids is 1. The minimum absolute atomic E-state index is 0.397. The van der Waals surface area contributed by atoms with Crippen LogP contribution in [0.3, 0.4) is 0 Å². The van der Waals surface area contributed by atoms with E-state index in [1.54, 1.807) is 6.07 Å². The monoisotopic (exact) mass is 274 g/mol. The summed E-state index contributed by atoms with van der Waals surface area (Å²) in [5.41, 5.74) is 2.21. The van der Waals surface area contributed by atoms with Gasteiger partial charge in [-0.25, -0.2) is 4.79 Å². The first-order valence-electron chi connectivity index (χ1n) is 7.50. The van der Waals surface area contributed by atoms with Gasteiger partial charge in [0, 0.05) is 24.3 Å². The molecule has 0 aliphatic carbocycles. The van der Waals surface area contributed by atoms with Gasteiger partial charge in [0.15, 0.2) is 0 Å². The maximum absolute atomic E-state index is 11.2. The summed E-state index contributed by atoms with van der Waals surface area (Å²) in [5, 5.41) is 12.8. The first-order chi connectivity index (χ1) is 9.66. The van der Waals surface area contributed by atoms with Crippen LogP contribution in [0, 0.1) is 6.92 Å². The van der Waals surface area contributed by atoms with E-state index >= 15 is 0 Å². The fourth-order valence-electron chi connectivity index (χ4n) is 3.64. The van der Waals surface area contributed by atoms with E-state index in [0.717, 1.165) is 17.7 Å². The Morgan fingerprint density at radius 2 is 2.15 bits per heavy atom. The number of carbonyl (C=O) groups is 1. The normalized spacial score (nSPS) is 26.2. The van der Waals surface area contributed by atoms with Crippen LogP contribution in [0.2, 0.25) is 0 Å². The average Bonchev–Trinajstić information content (AvgIpc) is 2.84. The Balaban J connectivity index is 1.78. The highest BCUT2D eigenvalue weighted by molar-refractivity contribution is 5.91. The highest BCUT2D eigenvalue weighted by Gasteiger charge is 2.35. The Morgan fingerprint density at radius 1 is 1.30 bits per heavy atom. The number of hydrogen-bond acceptors (Lipinski definition) is 3. The molecule has 2 fully saturated rings. The van der Waals surface area contributed by atoms with Crippen molar-refractivity contribution in [2.24, 2.45) is 0 Å². The zero-order valence-electron chi connectivity index (χ0n) is 11.9. The summed E-state index contributed by atoms with van der Waals surface area (Å²) in [4.78, 5) is 13.8. The van der Waals surface area contributed by atoms with Crippen LogP contribution in [0.15, 0.2) is 18.2 Å². The summed E-state index contributed by atoms with van der Waals surface area (Å²) >= 11 is 0. The van der Waals surface area contributed by atoms with Gasteiger partial charge in [0.1, 0.15) is 0 Å². The van der Waals surface area contributed by atoms with Crippen LogP contribution in [-0.2, 0) is 0 Å². The summed E-state index contributed by atoms with van der Waals surface area (Å²) in [6.07, 6.45) is 5.04. The van der Waals surface area contributed by atoms with E-state index in [1.165, 1.54) is 32.4 Å². The van der Waals surface area contributed by atoms with Crippen molar-refractivity contribution in [2.45, 2.75) is 44.7 Å². The SMILES string of the molecule is Cc1c(NC2CCN3CCCCC23)cccc1C(=O)O. The fraction of sp³-hybridized carbons (Fsp3) is 0.562. The van der Waals surface area contributed by atoms with Crippen molar-refractivity contribution in [1.82, 2.24) is 4.90 Å². The van der Waals surface area contributed by atoms with Crippen molar-refractivity contribution < 1.29 is 9.90 Å². The largest absolute Gasteiger partial charge is 0.478 e. The Morgan fingerprint density at radius 3 is 2.95 bits per heavy atom. The molecule has 0 saturated carbocycles. The Hall–Kier alpha value is -1.55. The number of carboxylic acids is 1. The number of piperidine rings is 1. The van der Waals surface area contributed by atoms with Crippen LogP contribution in [0.4, 0.5) is 5.69 Å². The minimum Gasteiger partial charge on any atom is -0.478 e. The molecule has 3 rings (SSSR count). The van der Waals surface area contributed by atoms with E-state index in [-0.39, 0.29) is 0 Å². The van der Waals surface area contributed by atoms with Crippen LogP contribution in [0.1, 0.15) is 41.6 Å². The van der Waals surface area contributed by atoms with Crippen LogP contribution >= 0.6 is 0 Å². The molecule has 4 heteroatoms. The minimum atomic E-state index is -0.850. The summed E-state index contributed by atoms with van der Waals surface area (Å²) in [6.45, 7) is 4.27. The van der Waals surface area contributed by atoms with Crippen molar-refractivity contribution in [2.75, 3.05) is 18.4 Å². The molecule has 2 heterocycles. The van der Waals surface area contributed by atoms with E-state index < -0.39 is 5.97 Å². The molecule has 2 saturated heterocycles. The second kappa shape index (κ2) is 5.44. The van der Waals surface area contributed by atoms with Gasteiger partial charge in [-0.05, 0) is 50.4 Å². The molecule has 0 radical (unpaired) electrons. The lowest BCUT2D eigenvalue weighted by Crippen LogP contribution is -2.41. The molecular weight excluding hydrogens is 252 g/mol. The van der Waals surface area contributed by atoms with Gasteiger partial charge in [-0.3, -0.25) is 4.90 Å². The molecule has 2 aliphatic heterocycles. The van der Waals surface area contributed by atoms with Crippen molar-refractivity contribution in [3.05, 3.63) is 29.3 Å². The number of nitrogens with one attached hydrogen (secondary N) is 1. The third-order valence-electron chi connectivity index (χ3n) is 4.76. The number of rotatable bonds is 3. The molecule has 1 aromatic rings. The zero-order chi connectivity index (χ0) is 14.1. The summed E-state index contributed by atoms with van der Waals surface area (Å²) in [6, 6.07) is 6.57. The first kappa shape index (κ1) is 13.4. The smallest absolute Gasteiger partial charge is 0.336 e. The van der Waals surface area contributed by atoms with Crippen LogP contribution in [0.25, 0.3) is 0 Å². The molecule has 0 bridgehead atoms. The number of fused-ring (bicyclic) bond motifs is 1. The van der Waals surface area contributed by atoms with E-state index in [1.807, 2.05) is 19.1 Å². The lowest BCUT2D eigenvalue weighted by atomic mass is 9.98. The molecule has 1 aromatic carbocycles. The van der Waals surface area contributed by atoms with Crippen molar-refractivity contribution in [1.29, 1.82) is 0 Å². The van der Waals surface area contributed by atoms with E-state index in [2.05, 4.69) is 10.2 Å².